The molecule has 0 bridgehead atoms. The van der Waals surface area contributed by atoms with Crippen LogP contribution in [0.2, 0.25) is 0 Å². The van der Waals surface area contributed by atoms with Crippen LogP contribution in [0, 0.1) is 5.92 Å². The van der Waals surface area contributed by atoms with Crippen molar-refractivity contribution < 1.29 is 5.11 Å². The van der Waals surface area contributed by atoms with Gasteiger partial charge in [0.2, 0.25) is 5.95 Å². The zero-order valence-electron chi connectivity index (χ0n) is 12.1. The van der Waals surface area contributed by atoms with E-state index in [-0.39, 0.29) is 12.1 Å². The number of rotatable bonds is 5. The van der Waals surface area contributed by atoms with Crippen LogP contribution in [0.5, 0.6) is 0 Å². The molecule has 0 aliphatic heterocycles. The molecule has 1 heterocycles. The first kappa shape index (κ1) is 15.5. The Hall–Kier alpha value is -0.880. The average molecular weight is 343 g/mol. The average Bonchev–Trinajstić information content (AvgIpc) is 2.43. The lowest BCUT2D eigenvalue weighted by atomic mass is 9.77. The fourth-order valence-corrected chi connectivity index (χ4v) is 3.20. The minimum absolute atomic E-state index is 0.129. The second-order valence-electron chi connectivity index (χ2n) is 5.69. The molecular weight excluding hydrogens is 320 g/mol. The topological polar surface area (TPSA) is 70.1 Å². The molecule has 0 saturated heterocycles. The predicted molar refractivity (Wildman–Crippen MR) is 85.0 cm³/mol. The van der Waals surface area contributed by atoms with Crippen LogP contribution >= 0.6 is 15.9 Å². The van der Waals surface area contributed by atoms with Crippen LogP contribution in [0.25, 0.3) is 0 Å². The van der Waals surface area contributed by atoms with E-state index in [4.69, 9.17) is 0 Å². The number of hydrogen-bond acceptors (Lipinski definition) is 5. The van der Waals surface area contributed by atoms with Gasteiger partial charge >= 0.3 is 0 Å². The van der Waals surface area contributed by atoms with Crippen molar-refractivity contribution in [2.75, 3.05) is 23.8 Å². The number of anilines is 2. The Balaban J connectivity index is 2.20. The third kappa shape index (κ3) is 3.61. The first-order valence-electron chi connectivity index (χ1n) is 7.24. The number of aromatic nitrogens is 2. The molecule has 2 rings (SSSR count). The zero-order chi connectivity index (χ0) is 14.6. The number of aliphatic hydroxyl groups is 1. The lowest BCUT2D eigenvalue weighted by molar-refractivity contribution is 0.149. The third-order valence-electron chi connectivity index (χ3n) is 3.86. The van der Waals surface area contributed by atoms with Gasteiger partial charge in [0.15, 0.2) is 0 Å². The molecular formula is C14H23BrN4O. The smallest absolute Gasteiger partial charge is 0.224 e. The van der Waals surface area contributed by atoms with Gasteiger partial charge in [-0.15, -0.1) is 0 Å². The van der Waals surface area contributed by atoms with Gasteiger partial charge in [-0.1, -0.05) is 19.8 Å². The molecule has 1 saturated carbocycles. The van der Waals surface area contributed by atoms with Gasteiger partial charge in [-0.3, -0.25) is 0 Å². The summed E-state index contributed by atoms with van der Waals surface area (Å²) >= 11 is 3.48. The number of nitrogens with one attached hydrogen (secondary N) is 2. The molecule has 1 aromatic rings. The fraction of sp³-hybridized carbons (Fsp3) is 0.714. The zero-order valence-corrected chi connectivity index (χ0v) is 13.7. The van der Waals surface area contributed by atoms with Gasteiger partial charge in [-0.25, -0.2) is 4.98 Å². The van der Waals surface area contributed by atoms with E-state index in [1.54, 1.807) is 6.20 Å². The Kier molecular flexibility index (Phi) is 5.21. The van der Waals surface area contributed by atoms with Crippen molar-refractivity contribution in [2.24, 2.45) is 5.92 Å². The summed E-state index contributed by atoms with van der Waals surface area (Å²) in [5, 5.41) is 16.4. The van der Waals surface area contributed by atoms with E-state index in [1.807, 2.05) is 6.92 Å². The summed E-state index contributed by atoms with van der Waals surface area (Å²) in [7, 11) is 0. The van der Waals surface area contributed by atoms with Gasteiger partial charge in [-0.05, 0) is 41.6 Å². The molecule has 5 nitrogen and oxygen atoms in total. The summed E-state index contributed by atoms with van der Waals surface area (Å²) in [4.78, 5) is 8.70. The molecule has 20 heavy (non-hydrogen) atoms. The molecule has 6 heteroatoms. The molecule has 0 amide bonds. The SMILES string of the molecule is CCNc1ncc(Br)c(NC2(CO)CCCC(C)C2)n1. The second kappa shape index (κ2) is 6.72. The van der Waals surface area contributed by atoms with Crippen molar-refractivity contribution in [1.82, 2.24) is 9.97 Å². The van der Waals surface area contributed by atoms with Gasteiger partial charge in [0.05, 0.1) is 16.6 Å². The highest BCUT2D eigenvalue weighted by atomic mass is 79.9. The van der Waals surface area contributed by atoms with E-state index in [9.17, 15) is 5.11 Å². The van der Waals surface area contributed by atoms with Gasteiger partial charge in [0.1, 0.15) is 5.82 Å². The molecule has 3 N–H and O–H groups in total. The molecule has 0 spiro atoms. The molecule has 2 atom stereocenters. The molecule has 2 unspecified atom stereocenters. The summed E-state index contributed by atoms with van der Waals surface area (Å²) in [6.45, 7) is 5.16. The minimum Gasteiger partial charge on any atom is -0.394 e. The lowest BCUT2D eigenvalue weighted by Crippen LogP contribution is -2.46. The quantitative estimate of drug-likeness (QED) is 0.767. The largest absolute Gasteiger partial charge is 0.394 e. The molecule has 1 fully saturated rings. The lowest BCUT2D eigenvalue weighted by Gasteiger charge is -2.40. The molecule has 1 aliphatic rings. The molecule has 0 radical (unpaired) electrons. The number of hydrogen-bond donors (Lipinski definition) is 3. The predicted octanol–water partition coefficient (Wildman–Crippen LogP) is 3.02. The highest BCUT2D eigenvalue weighted by Crippen LogP contribution is 2.36. The maximum Gasteiger partial charge on any atom is 0.224 e. The van der Waals surface area contributed by atoms with Crippen LogP contribution in [-0.2, 0) is 0 Å². The fourth-order valence-electron chi connectivity index (χ4n) is 2.91. The van der Waals surface area contributed by atoms with E-state index in [1.165, 1.54) is 6.42 Å². The Morgan fingerprint density at radius 1 is 1.55 bits per heavy atom. The van der Waals surface area contributed by atoms with Crippen molar-refractivity contribution >= 4 is 27.7 Å². The molecule has 112 valence electrons. The van der Waals surface area contributed by atoms with Crippen LogP contribution < -0.4 is 10.6 Å². The maximum absolute atomic E-state index is 9.85. The molecule has 0 aromatic carbocycles. The summed E-state index contributed by atoms with van der Waals surface area (Å²) in [6, 6.07) is 0. The van der Waals surface area contributed by atoms with Crippen molar-refractivity contribution in [3.05, 3.63) is 10.7 Å². The maximum atomic E-state index is 9.85. The Morgan fingerprint density at radius 3 is 3.00 bits per heavy atom. The monoisotopic (exact) mass is 342 g/mol. The van der Waals surface area contributed by atoms with E-state index in [0.717, 1.165) is 36.1 Å². The van der Waals surface area contributed by atoms with Gasteiger partial charge in [0.25, 0.3) is 0 Å². The van der Waals surface area contributed by atoms with E-state index >= 15 is 0 Å². The minimum atomic E-state index is -0.266. The summed E-state index contributed by atoms with van der Waals surface area (Å²) in [5.41, 5.74) is -0.266. The number of nitrogens with zero attached hydrogens (tertiary/aromatic N) is 2. The first-order chi connectivity index (χ1) is 9.58. The third-order valence-corrected chi connectivity index (χ3v) is 4.44. The van der Waals surface area contributed by atoms with Crippen molar-refractivity contribution in [3.63, 3.8) is 0 Å². The molecule has 1 aromatic heterocycles. The summed E-state index contributed by atoms with van der Waals surface area (Å²) in [6.07, 6.45) is 6.05. The highest BCUT2D eigenvalue weighted by molar-refractivity contribution is 9.10. The van der Waals surface area contributed by atoms with Crippen LogP contribution in [0.15, 0.2) is 10.7 Å². The van der Waals surface area contributed by atoms with Crippen molar-refractivity contribution in [1.29, 1.82) is 0 Å². The van der Waals surface area contributed by atoms with Gasteiger partial charge in [-0.2, -0.15) is 4.98 Å². The summed E-state index contributed by atoms with van der Waals surface area (Å²) < 4.78 is 0.824. The van der Waals surface area contributed by atoms with Crippen molar-refractivity contribution in [3.8, 4) is 0 Å². The molecule has 1 aliphatic carbocycles. The number of aliphatic hydroxyl groups excluding tert-OH is 1. The standard InChI is InChI=1S/C14H23BrN4O/c1-3-16-13-17-8-11(15)12(18-13)19-14(9-20)6-4-5-10(2)7-14/h8,10,20H,3-7,9H2,1-2H3,(H2,16,17,18,19). The Bertz CT molecular complexity index is 457. The second-order valence-corrected chi connectivity index (χ2v) is 6.54. The van der Waals surface area contributed by atoms with Crippen LogP contribution in [0.3, 0.4) is 0 Å². The van der Waals surface area contributed by atoms with Crippen LogP contribution in [0.4, 0.5) is 11.8 Å². The normalized spacial score (nSPS) is 26.3. The van der Waals surface area contributed by atoms with E-state index in [2.05, 4.69) is 43.5 Å². The van der Waals surface area contributed by atoms with Gasteiger partial charge in [0, 0.05) is 12.7 Å². The van der Waals surface area contributed by atoms with Crippen LogP contribution in [0.1, 0.15) is 39.5 Å². The van der Waals surface area contributed by atoms with Gasteiger partial charge < -0.3 is 15.7 Å². The summed E-state index contributed by atoms with van der Waals surface area (Å²) in [5.74, 6) is 1.98. The Morgan fingerprint density at radius 2 is 2.35 bits per heavy atom. The first-order valence-corrected chi connectivity index (χ1v) is 8.03. The highest BCUT2D eigenvalue weighted by Gasteiger charge is 2.35. The number of halogens is 1. The van der Waals surface area contributed by atoms with E-state index < -0.39 is 0 Å². The Labute approximate surface area is 128 Å². The van der Waals surface area contributed by atoms with E-state index in [0.29, 0.717) is 11.9 Å². The van der Waals surface area contributed by atoms with Crippen molar-refractivity contribution in [2.45, 2.75) is 45.1 Å². The van der Waals surface area contributed by atoms with Crippen LogP contribution in [-0.4, -0.2) is 33.8 Å².